The molecule has 0 saturated heterocycles. The SMILES string of the molecule is CC(C)(C)C(c1ccccc1)(c1ccccc1)[C]1([Ti+3])C=CC=C1.[Cl-].[Cl-].[Cl-]. The third kappa shape index (κ3) is 4.01. The van der Waals surface area contributed by atoms with E-state index in [0.29, 0.717) is 0 Å². The van der Waals surface area contributed by atoms with Crippen LogP contribution in [0.5, 0.6) is 0 Å². The van der Waals surface area contributed by atoms with Gasteiger partial charge in [-0.15, -0.1) is 0 Å². The van der Waals surface area contributed by atoms with Crippen molar-refractivity contribution in [1.82, 2.24) is 0 Å². The number of rotatable bonds is 3. The van der Waals surface area contributed by atoms with Gasteiger partial charge in [0, 0.05) is 0 Å². The molecule has 0 bridgehead atoms. The van der Waals surface area contributed by atoms with Gasteiger partial charge in [-0.3, -0.25) is 0 Å². The third-order valence-electron chi connectivity index (χ3n) is 4.99. The van der Waals surface area contributed by atoms with Crippen LogP contribution < -0.4 is 37.2 Å². The van der Waals surface area contributed by atoms with E-state index in [2.05, 4.69) is 126 Å². The molecule has 136 valence electrons. The molecule has 0 nitrogen and oxygen atoms in total. The molecule has 0 aliphatic heterocycles. The van der Waals surface area contributed by atoms with E-state index < -0.39 is 0 Å². The smallest absolute Gasteiger partial charge is 1.00 e. The van der Waals surface area contributed by atoms with Gasteiger partial charge in [0.2, 0.25) is 0 Å². The topological polar surface area (TPSA) is 0 Å². The van der Waals surface area contributed by atoms with Gasteiger partial charge in [-0.2, -0.15) is 0 Å². The number of allylic oxidation sites excluding steroid dienone is 4. The van der Waals surface area contributed by atoms with Gasteiger partial charge in [-0.1, -0.05) is 0 Å². The molecule has 4 heteroatoms. The van der Waals surface area contributed by atoms with Crippen LogP contribution in [0.1, 0.15) is 31.9 Å². The first kappa shape index (κ1) is 25.5. The van der Waals surface area contributed by atoms with E-state index in [1.165, 1.54) is 11.1 Å². The maximum atomic E-state index is 2.36. The molecule has 0 radical (unpaired) electrons. The molecule has 0 saturated carbocycles. The molecule has 0 unspecified atom stereocenters. The van der Waals surface area contributed by atoms with Gasteiger partial charge in [-0.25, -0.2) is 0 Å². The summed E-state index contributed by atoms with van der Waals surface area (Å²) in [6, 6.07) is 22.0. The fraction of sp³-hybridized carbons (Fsp3) is 0.273. The fourth-order valence-electron chi connectivity index (χ4n) is 4.23. The molecule has 1 aliphatic carbocycles. The zero-order chi connectivity index (χ0) is 16.6. The Kier molecular flexibility index (Phi) is 9.44. The van der Waals surface area contributed by atoms with E-state index >= 15 is 0 Å². The second-order valence-corrected chi connectivity index (χ2v) is 8.61. The van der Waals surface area contributed by atoms with E-state index in [0.717, 1.165) is 0 Å². The van der Waals surface area contributed by atoms with E-state index in [-0.39, 0.29) is 51.8 Å². The minimum absolute atomic E-state index is 0. The minimum atomic E-state index is -0.133. The summed E-state index contributed by atoms with van der Waals surface area (Å²) in [4.78, 5) is 0. The maximum absolute atomic E-state index is 2.36. The van der Waals surface area contributed by atoms with E-state index in [4.69, 9.17) is 0 Å². The van der Waals surface area contributed by atoms with Crippen LogP contribution in [-0.2, 0) is 25.9 Å². The zero-order valence-electron chi connectivity index (χ0n) is 15.2. The summed E-state index contributed by atoms with van der Waals surface area (Å²) in [5, 5.41) is 0. The average Bonchev–Trinajstić information content (AvgIpc) is 2.96. The van der Waals surface area contributed by atoms with Crippen LogP contribution in [0.15, 0.2) is 85.0 Å². The maximum Gasteiger partial charge on any atom is -1.00 e. The second-order valence-electron chi connectivity index (χ2n) is 7.32. The Balaban J connectivity index is 0.00000208. The van der Waals surface area contributed by atoms with Crippen molar-refractivity contribution in [2.24, 2.45) is 5.41 Å². The van der Waals surface area contributed by atoms with Gasteiger partial charge in [0.15, 0.2) is 0 Å². The molecule has 2 aromatic carbocycles. The summed E-state index contributed by atoms with van der Waals surface area (Å²) in [7, 11) is 0. The first-order valence-corrected chi connectivity index (χ1v) is 8.93. The summed E-state index contributed by atoms with van der Waals surface area (Å²) < 4.78 is -0.0616. The Bertz CT molecular complexity index is 679. The van der Waals surface area contributed by atoms with Crippen LogP contribution in [0, 0.1) is 5.41 Å². The fourth-order valence-corrected chi connectivity index (χ4v) is 5.56. The quantitative estimate of drug-likeness (QED) is 0.442. The zero-order valence-corrected chi connectivity index (χ0v) is 19.0. The standard InChI is InChI=1S/C22H23.3ClH.Ti/c1-21(2,3)22(20-16-10-11-17-20,18-12-6-4-7-13-18)19-14-8-5-9-15-19;;;;/h4-17H,1-3H3;3*1H;/q;;;;+3/p-3. The average molecular weight is 442 g/mol. The minimum Gasteiger partial charge on any atom is -1.00 e. The predicted octanol–water partition coefficient (Wildman–Crippen LogP) is -3.14. The molecular weight excluding hydrogens is 418 g/mol. The van der Waals surface area contributed by atoms with E-state index in [1.54, 1.807) is 0 Å². The Morgan fingerprint density at radius 2 is 1.00 bits per heavy atom. The van der Waals surface area contributed by atoms with Gasteiger partial charge >= 0.3 is 152 Å². The number of hydrogen-bond acceptors (Lipinski definition) is 0. The summed E-state index contributed by atoms with van der Waals surface area (Å²) >= 11 is 2.36. The molecule has 0 spiro atoms. The number of halogens is 3. The van der Waals surface area contributed by atoms with Crippen molar-refractivity contribution < 1.29 is 57.7 Å². The van der Waals surface area contributed by atoms with Crippen molar-refractivity contribution in [1.29, 1.82) is 0 Å². The Morgan fingerprint density at radius 3 is 1.31 bits per heavy atom. The van der Waals surface area contributed by atoms with Crippen LogP contribution in [-0.4, -0.2) is 0 Å². The first-order chi connectivity index (χ1) is 10.9. The normalized spacial score (nSPS) is 14.8. The molecule has 0 amide bonds. The van der Waals surface area contributed by atoms with Gasteiger partial charge in [0.05, 0.1) is 0 Å². The molecular formula is C22H23Cl3Ti. The van der Waals surface area contributed by atoms with Gasteiger partial charge < -0.3 is 37.2 Å². The summed E-state index contributed by atoms with van der Waals surface area (Å²) in [5.74, 6) is 0. The van der Waals surface area contributed by atoms with Crippen molar-refractivity contribution in [2.45, 2.75) is 29.9 Å². The second kappa shape index (κ2) is 9.62. The molecule has 1 aliphatic rings. The molecule has 0 aromatic heterocycles. The molecule has 3 rings (SSSR count). The van der Waals surface area contributed by atoms with Crippen molar-refractivity contribution in [2.75, 3.05) is 0 Å². The summed E-state index contributed by atoms with van der Waals surface area (Å²) in [6.07, 6.45) is 9.09. The van der Waals surface area contributed by atoms with E-state index in [9.17, 15) is 0 Å². The van der Waals surface area contributed by atoms with Crippen LogP contribution in [0.4, 0.5) is 0 Å². The van der Waals surface area contributed by atoms with Crippen molar-refractivity contribution in [3.05, 3.63) is 96.1 Å². The Hall–Kier alpha value is -0.496. The molecule has 0 heterocycles. The van der Waals surface area contributed by atoms with Crippen molar-refractivity contribution >= 4 is 0 Å². The van der Waals surface area contributed by atoms with Crippen LogP contribution in [0.2, 0.25) is 3.72 Å². The molecule has 0 atom stereocenters. The number of hydrogen-bond donors (Lipinski definition) is 0. The third-order valence-corrected chi connectivity index (χ3v) is 6.09. The monoisotopic (exact) mass is 440 g/mol. The Labute approximate surface area is 188 Å². The van der Waals surface area contributed by atoms with E-state index in [1.807, 2.05) is 0 Å². The summed E-state index contributed by atoms with van der Waals surface area (Å²) in [5.41, 5.74) is 2.66. The molecule has 26 heavy (non-hydrogen) atoms. The van der Waals surface area contributed by atoms with Crippen LogP contribution >= 0.6 is 0 Å². The number of benzene rings is 2. The van der Waals surface area contributed by atoms with Crippen LogP contribution in [0.3, 0.4) is 0 Å². The molecule has 0 N–H and O–H groups in total. The molecule has 0 fully saturated rings. The largest absolute Gasteiger partial charge is 1.00 e. The van der Waals surface area contributed by atoms with Crippen molar-refractivity contribution in [3.63, 3.8) is 0 Å². The van der Waals surface area contributed by atoms with Gasteiger partial charge in [0.25, 0.3) is 0 Å². The van der Waals surface area contributed by atoms with Gasteiger partial charge in [-0.05, 0) is 0 Å². The van der Waals surface area contributed by atoms with Crippen molar-refractivity contribution in [3.8, 4) is 0 Å². The Morgan fingerprint density at radius 1 is 0.654 bits per heavy atom. The van der Waals surface area contributed by atoms with Crippen LogP contribution in [0.25, 0.3) is 0 Å². The van der Waals surface area contributed by atoms with Gasteiger partial charge in [0.1, 0.15) is 0 Å². The predicted molar refractivity (Wildman–Crippen MR) is 94.1 cm³/mol. The summed E-state index contributed by atoms with van der Waals surface area (Å²) in [6.45, 7) is 7.08. The first-order valence-electron chi connectivity index (χ1n) is 8.15. The molecule has 2 aromatic rings.